The van der Waals surface area contributed by atoms with Gasteiger partial charge in [0.2, 0.25) is 0 Å². The number of hydrogen-bond acceptors (Lipinski definition) is 2. The van der Waals surface area contributed by atoms with Gasteiger partial charge in [-0.1, -0.05) is 31.0 Å². The maximum absolute atomic E-state index is 9.18. The highest BCUT2D eigenvalue weighted by molar-refractivity contribution is 6.32. The summed E-state index contributed by atoms with van der Waals surface area (Å²) < 4.78 is 0. The average molecular weight is 236 g/mol. The summed E-state index contributed by atoms with van der Waals surface area (Å²) in [5.74, 6) is 0.106. The lowest BCUT2D eigenvalue weighted by Crippen LogP contribution is -2.09. The van der Waals surface area contributed by atoms with Crippen LogP contribution in [0.2, 0.25) is 5.02 Å². The molecule has 0 aliphatic carbocycles. The molecule has 0 aromatic heterocycles. The second-order valence-corrected chi connectivity index (χ2v) is 3.51. The molecule has 1 rings (SSSR count). The van der Waals surface area contributed by atoms with E-state index in [1.54, 1.807) is 12.1 Å². The van der Waals surface area contributed by atoms with Crippen LogP contribution in [0.5, 0.6) is 5.75 Å². The molecule has 0 bridgehead atoms. The molecule has 0 saturated heterocycles. The molecule has 0 fully saturated rings. The van der Waals surface area contributed by atoms with Crippen molar-refractivity contribution in [3.8, 4) is 5.75 Å². The van der Waals surface area contributed by atoms with Crippen molar-refractivity contribution in [1.82, 2.24) is 0 Å². The summed E-state index contributed by atoms with van der Waals surface area (Å²) in [7, 11) is 0. The van der Waals surface area contributed by atoms with E-state index in [0.29, 0.717) is 5.02 Å². The van der Waals surface area contributed by atoms with Gasteiger partial charge in [0.15, 0.2) is 0 Å². The highest BCUT2D eigenvalue weighted by Gasteiger charge is 2.06. The second-order valence-electron chi connectivity index (χ2n) is 3.11. The summed E-state index contributed by atoms with van der Waals surface area (Å²) in [4.78, 5) is 0. The van der Waals surface area contributed by atoms with Crippen molar-refractivity contribution in [1.29, 1.82) is 0 Å². The van der Waals surface area contributed by atoms with Crippen LogP contribution in [-0.4, -0.2) is 5.11 Å². The number of halogens is 2. The highest BCUT2D eigenvalue weighted by atomic mass is 35.5. The zero-order chi connectivity index (χ0) is 9.84. The number of nitrogens with two attached hydrogens (primary N) is 1. The predicted octanol–water partition coefficient (Wildman–Crippen LogP) is 3.27. The summed E-state index contributed by atoms with van der Waals surface area (Å²) in [6.07, 6.45) is 1.97. The van der Waals surface area contributed by atoms with Crippen LogP contribution >= 0.6 is 24.0 Å². The Kier molecular flexibility index (Phi) is 5.93. The molecular formula is C10H15Cl2NO. The summed E-state index contributed by atoms with van der Waals surface area (Å²) in [5.41, 5.74) is 6.86. The molecule has 0 heterocycles. The average Bonchev–Trinajstić information content (AvgIpc) is 2.10. The SMILES string of the molecule is CCC[C@H](N)c1ccc(O)c(Cl)c1.Cl. The largest absolute Gasteiger partial charge is 0.506 e. The van der Waals surface area contributed by atoms with Gasteiger partial charge >= 0.3 is 0 Å². The molecule has 80 valence electrons. The maximum atomic E-state index is 9.18. The van der Waals surface area contributed by atoms with Crippen molar-refractivity contribution in [2.75, 3.05) is 0 Å². The predicted molar refractivity (Wildman–Crippen MR) is 62.2 cm³/mol. The Labute approximate surface area is 95.5 Å². The van der Waals surface area contributed by atoms with Gasteiger partial charge in [-0.3, -0.25) is 0 Å². The van der Waals surface area contributed by atoms with Gasteiger partial charge in [-0.2, -0.15) is 0 Å². The zero-order valence-electron chi connectivity index (χ0n) is 8.03. The Hall–Kier alpha value is -0.440. The van der Waals surface area contributed by atoms with Crippen LogP contribution in [0, 0.1) is 0 Å². The van der Waals surface area contributed by atoms with E-state index in [1.807, 2.05) is 6.07 Å². The molecule has 4 heteroatoms. The van der Waals surface area contributed by atoms with E-state index in [2.05, 4.69) is 6.92 Å². The van der Waals surface area contributed by atoms with E-state index in [0.717, 1.165) is 18.4 Å². The molecule has 1 aromatic carbocycles. The van der Waals surface area contributed by atoms with Crippen LogP contribution < -0.4 is 5.73 Å². The van der Waals surface area contributed by atoms with Crippen molar-refractivity contribution in [3.63, 3.8) is 0 Å². The number of hydrogen-bond donors (Lipinski definition) is 2. The molecule has 3 N–H and O–H groups in total. The number of benzene rings is 1. The summed E-state index contributed by atoms with van der Waals surface area (Å²) in [6, 6.07) is 5.12. The van der Waals surface area contributed by atoms with Crippen molar-refractivity contribution >= 4 is 24.0 Å². The van der Waals surface area contributed by atoms with Gasteiger partial charge in [0, 0.05) is 6.04 Å². The fourth-order valence-electron chi connectivity index (χ4n) is 1.23. The molecule has 2 nitrogen and oxygen atoms in total. The zero-order valence-corrected chi connectivity index (χ0v) is 9.61. The van der Waals surface area contributed by atoms with E-state index in [9.17, 15) is 5.11 Å². The third-order valence-electron chi connectivity index (χ3n) is 2.00. The van der Waals surface area contributed by atoms with Crippen LogP contribution in [0.15, 0.2) is 18.2 Å². The number of aromatic hydroxyl groups is 1. The Bertz CT molecular complexity index is 291. The van der Waals surface area contributed by atoms with Crippen molar-refractivity contribution in [3.05, 3.63) is 28.8 Å². The lowest BCUT2D eigenvalue weighted by molar-refractivity contribution is 0.475. The van der Waals surface area contributed by atoms with Gasteiger partial charge < -0.3 is 10.8 Å². The number of phenolic OH excluding ortho intramolecular Hbond substituents is 1. The molecule has 0 aliphatic rings. The molecule has 0 radical (unpaired) electrons. The first kappa shape index (κ1) is 13.6. The Morgan fingerprint density at radius 3 is 2.64 bits per heavy atom. The van der Waals surface area contributed by atoms with Gasteiger partial charge in [-0.15, -0.1) is 12.4 Å². The molecule has 0 amide bonds. The van der Waals surface area contributed by atoms with Crippen LogP contribution in [-0.2, 0) is 0 Å². The van der Waals surface area contributed by atoms with E-state index in [1.165, 1.54) is 0 Å². The molecule has 14 heavy (non-hydrogen) atoms. The van der Waals surface area contributed by atoms with E-state index < -0.39 is 0 Å². The molecule has 0 saturated carbocycles. The fourth-order valence-corrected chi connectivity index (χ4v) is 1.42. The van der Waals surface area contributed by atoms with Gasteiger partial charge in [0.25, 0.3) is 0 Å². The molecule has 0 unspecified atom stereocenters. The Morgan fingerprint density at radius 2 is 2.14 bits per heavy atom. The minimum atomic E-state index is 0. The topological polar surface area (TPSA) is 46.2 Å². The summed E-state index contributed by atoms with van der Waals surface area (Å²) in [6.45, 7) is 2.09. The van der Waals surface area contributed by atoms with Gasteiger partial charge in [0.1, 0.15) is 5.75 Å². The minimum Gasteiger partial charge on any atom is -0.506 e. The molecule has 0 aliphatic heterocycles. The molecule has 1 atom stereocenters. The van der Waals surface area contributed by atoms with Gasteiger partial charge in [0.05, 0.1) is 5.02 Å². The van der Waals surface area contributed by atoms with Gasteiger partial charge in [-0.25, -0.2) is 0 Å². The quantitative estimate of drug-likeness (QED) is 0.845. The van der Waals surface area contributed by atoms with Crippen LogP contribution in [0.4, 0.5) is 0 Å². The van der Waals surface area contributed by atoms with E-state index in [4.69, 9.17) is 17.3 Å². The number of phenols is 1. The van der Waals surface area contributed by atoms with E-state index >= 15 is 0 Å². The summed E-state index contributed by atoms with van der Waals surface area (Å²) in [5, 5.41) is 9.55. The fraction of sp³-hybridized carbons (Fsp3) is 0.400. The second kappa shape index (κ2) is 6.12. The number of rotatable bonds is 3. The molecule has 0 spiro atoms. The normalized spacial score (nSPS) is 11.9. The first-order chi connectivity index (χ1) is 6.15. The third kappa shape index (κ3) is 3.37. The minimum absolute atomic E-state index is 0. The smallest absolute Gasteiger partial charge is 0.134 e. The first-order valence-electron chi connectivity index (χ1n) is 4.39. The lowest BCUT2D eigenvalue weighted by Gasteiger charge is -2.11. The van der Waals surface area contributed by atoms with Crippen LogP contribution in [0.25, 0.3) is 0 Å². The van der Waals surface area contributed by atoms with Crippen LogP contribution in [0.3, 0.4) is 0 Å². The molecular weight excluding hydrogens is 221 g/mol. The van der Waals surface area contributed by atoms with Crippen molar-refractivity contribution in [2.45, 2.75) is 25.8 Å². The first-order valence-corrected chi connectivity index (χ1v) is 4.77. The third-order valence-corrected chi connectivity index (χ3v) is 2.30. The van der Waals surface area contributed by atoms with Crippen LogP contribution in [0.1, 0.15) is 31.4 Å². The van der Waals surface area contributed by atoms with Crippen molar-refractivity contribution in [2.24, 2.45) is 5.73 Å². The maximum Gasteiger partial charge on any atom is 0.134 e. The monoisotopic (exact) mass is 235 g/mol. The van der Waals surface area contributed by atoms with E-state index in [-0.39, 0.29) is 24.2 Å². The Balaban J connectivity index is 0.00000169. The highest BCUT2D eigenvalue weighted by Crippen LogP contribution is 2.27. The van der Waals surface area contributed by atoms with Crippen molar-refractivity contribution < 1.29 is 5.11 Å². The lowest BCUT2D eigenvalue weighted by atomic mass is 10.0. The van der Waals surface area contributed by atoms with Gasteiger partial charge in [-0.05, 0) is 24.1 Å². The Morgan fingerprint density at radius 1 is 1.50 bits per heavy atom. The standard InChI is InChI=1S/C10H14ClNO.ClH/c1-2-3-9(12)7-4-5-10(13)8(11)6-7;/h4-6,9,13H,2-3,12H2,1H3;1H/t9-;/m0./s1. The molecule has 1 aromatic rings. The summed E-state index contributed by atoms with van der Waals surface area (Å²) >= 11 is 5.75.